The number of aromatic nitrogens is 2. The Morgan fingerprint density at radius 2 is 2.10 bits per heavy atom. The van der Waals surface area contributed by atoms with E-state index in [1.807, 2.05) is 0 Å². The standard InChI is InChI=1S/C12H10ClN3O4/c1-7-11(13)14-6-15-12(7)20-10-4-3-8(19-2)5-9(10)16(17)18/h3-6H,1-2H3. The molecule has 0 aliphatic rings. The van der Waals surface area contributed by atoms with E-state index in [2.05, 4.69) is 9.97 Å². The van der Waals surface area contributed by atoms with Gasteiger partial charge >= 0.3 is 5.69 Å². The first-order valence-electron chi connectivity index (χ1n) is 5.50. The van der Waals surface area contributed by atoms with E-state index in [0.717, 1.165) is 0 Å². The monoisotopic (exact) mass is 295 g/mol. The molecule has 0 fully saturated rings. The van der Waals surface area contributed by atoms with Crippen LogP contribution < -0.4 is 9.47 Å². The van der Waals surface area contributed by atoms with E-state index in [4.69, 9.17) is 21.1 Å². The van der Waals surface area contributed by atoms with Crippen molar-refractivity contribution in [3.05, 3.63) is 45.4 Å². The molecular formula is C12H10ClN3O4. The Morgan fingerprint density at radius 1 is 1.35 bits per heavy atom. The first-order chi connectivity index (χ1) is 9.52. The summed E-state index contributed by atoms with van der Waals surface area (Å²) in [4.78, 5) is 18.2. The predicted molar refractivity (Wildman–Crippen MR) is 71.5 cm³/mol. The molecule has 0 bridgehead atoms. The Bertz CT molecular complexity index is 663. The van der Waals surface area contributed by atoms with Crippen molar-refractivity contribution in [3.63, 3.8) is 0 Å². The van der Waals surface area contributed by atoms with Crippen LogP contribution >= 0.6 is 11.6 Å². The summed E-state index contributed by atoms with van der Waals surface area (Å²) >= 11 is 5.85. The minimum Gasteiger partial charge on any atom is -0.496 e. The number of benzene rings is 1. The maximum Gasteiger partial charge on any atom is 0.315 e. The Kier molecular flexibility index (Phi) is 3.99. The second kappa shape index (κ2) is 5.70. The van der Waals surface area contributed by atoms with Gasteiger partial charge in [0.2, 0.25) is 11.6 Å². The van der Waals surface area contributed by atoms with Gasteiger partial charge in [0.25, 0.3) is 0 Å². The minimum atomic E-state index is -0.560. The highest BCUT2D eigenvalue weighted by Crippen LogP contribution is 2.35. The van der Waals surface area contributed by atoms with Crippen LogP contribution in [0.1, 0.15) is 5.56 Å². The number of ether oxygens (including phenoxy) is 2. The van der Waals surface area contributed by atoms with Gasteiger partial charge in [-0.1, -0.05) is 11.6 Å². The number of nitrogens with zero attached hydrogens (tertiary/aromatic N) is 3. The SMILES string of the molecule is COc1ccc(Oc2ncnc(Cl)c2C)c([N+](=O)[O-])c1. The van der Waals surface area contributed by atoms with E-state index >= 15 is 0 Å². The van der Waals surface area contributed by atoms with Gasteiger partial charge < -0.3 is 9.47 Å². The summed E-state index contributed by atoms with van der Waals surface area (Å²) in [5, 5.41) is 11.3. The Labute approximate surface area is 119 Å². The lowest BCUT2D eigenvalue weighted by Crippen LogP contribution is -1.98. The van der Waals surface area contributed by atoms with Gasteiger partial charge in [-0.3, -0.25) is 10.1 Å². The molecule has 2 rings (SSSR count). The fraction of sp³-hybridized carbons (Fsp3) is 0.167. The molecule has 7 nitrogen and oxygen atoms in total. The van der Waals surface area contributed by atoms with Crippen LogP contribution in [0.2, 0.25) is 5.15 Å². The quantitative estimate of drug-likeness (QED) is 0.489. The maximum atomic E-state index is 11.0. The van der Waals surface area contributed by atoms with Crippen LogP contribution in [0.15, 0.2) is 24.5 Å². The van der Waals surface area contributed by atoms with Crippen LogP contribution in [-0.2, 0) is 0 Å². The molecule has 0 saturated carbocycles. The number of rotatable bonds is 4. The molecule has 1 aromatic carbocycles. The van der Waals surface area contributed by atoms with Crippen molar-refractivity contribution in [2.75, 3.05) is 7.11 Å². The molecule has 0 spiro atoms. The maximum absolute atomic E-state index is 11.0. The zero-order valence-corrected chi connectivity index (χ0v) is 11.4. The van der Waals surface area contributed by atoms with Crippen molar-refractivity contribution in [2.24, 2.45) is 0 Å². The summed E-state index contributed by atoms with van der Waals surface area (Å²) in [5.74, 6) is 0.577. The van der Waals surface area contributed by atoms with Crippen molar-refractivity contribution < 1.29 is 14.4 Å². The molecule has 0 N–H and O–H groups in total. The van der Waals surface area contributed by atoms with Gasteiger partial charge in [0, 0.05) is 5.56 Å². The van der Waals surface area contributed by atoms with Crippen LogP contribution in [0.3, 0.4) is 0 Å². The average molecular weight is 296 g/mol. The lowest BCUT2D eigenvalue weighted by molar-refractivity contribution is -0.385. The van der Waals surface area contributed by atoms with Gasteiger partial charge in [-0.25, -0.2) is 9.97 Å². The molecule has 8 heteroatoms. The highest BCUT2D eigenvalue weighted by molar-refractivity contribution is 6.30. The van der Waals surface area contributed by atoms with E-state index in [0.29, 0.717) is 11.3 Å². The second-order valence-electron chi connectivity index (χ2n) is 3.79. The van der Waals surface area contributed by atoms with E-state index in [-0.39, 0.29) is 22.5 Å². The third kappa shape index (κ3) is 2.77. The van der Waals surface area contributed by atoms with E-state index in [1.165, 1.54) is 25.6 Å². The molecule has 2 aromatic rings. The molecule has 0 unspecified atom stereocenters. The number of hydrogen-bond donors (Lipinski definition) is 0. The summed E-state index contributed by atoms with van der Waals surface area (Å²) in [5.41, 5.74) is 0.276. The molecule has 1 heterocycles. The van der Waals surface area contributed by atoms with Gasteiger partial charge in [-0.2, -0.15) is 0 Å². The van der Waals surface area contributed by atoms with Crippen LogP contribution in [0.4, 0.5) is 5.69 Å². The van der Waals surface area contributed by atoms with Crippen molar-refractivity contribution in [1.82, 2.24) is 9.97 Å². The van der Waals surface area contributed by atoms with Gasteiger partial charge in [0.15, 0.2) is 0 Å². The summed E-state index contributed by atoms with van der Waals surface area (Å²) in [6, 6.07) is 4.26. The highest BCUT2D eigenvalue weighted by Gasteiger charge is 2.19. The van der Waals surface area contributed by atoms with Crippen molar-refractivity contribution >= 4 is 17.3 Å². The van der Waals surface area contributed by atoms with Crippen molar-refractivity contribution in [3.8, 4) is 17.4 Å². The predicted octanol–water partition coefficient (Wildman–Crippen LogP) is 3.15. The largest absolute Gasteiger partial charge is 0.496 e. The highest BCUT2D eigenvalue weighted by atomic mass is 35.5. The summed E-state index contributed by atoms with van der Waals surface area (Å²) in [6.45, 7) is 1.66. The molecule has 0 aliphatic carbocycles. The lowest BCUT2D eigenvalue weighted by atomic mass is 10.2. The van der Waals surface area contributed by atoms with E-state index in [1.54, 1.807) is 13.0 Å². The Hall–Kier alpha value is -2.41. The molecule has 104 valence electrons. The molecule has 1 aromatic heterocycles. The zero-order valence-electron chi connectivity index (χ0n) is 10.7. The Morgan fingerprint density at radius 3 is 2.75 bits per heavy atom. The number of halogens is 1. The molecule has 0 aliphatic heterocycles. The van der Waals surface area contributed by atoms with Crippen molar-refractivity contribution in [1.29, 1.82) is 0 Å². The summed E-state index contributed by atoms with van der Waals surface area (Å²) < 4.78 is 10.4. The fourth-order valence-electron chi connectivity index (χ4n) is 1.47. The average Bonchev–Trinajstić information content (AvgIpc) is 2.44. The molecule has 0 saturated heterocycles. The fourth-order valence-corrected chi connectivity index (χ4v) is 1.60. The second-order valence-corrected chi connectivity index (χ2v) is 4.15. The lowest BCUT2D eigenvalue weighted by Gasteiger charge is -2.09. The minimum absolute atomic E-state index is 0.0497. The molecular weight excluding hydrogens is 286 g/mol. The number of methoxy groups -OCH3 is 1. The molecule has 0 amide bonds. The smallest absolute Gasteiger partial charge is 0.315 e. The third-order valence-electron chi connectivity index (χ3n) is 2.55. The van der Waals surface area contributed by atoms with Gasteiger partial charge in [-0.15, -0.1) is 0 Å². The van der Waals surface area contributed by atoms with E-state index in [9.17, 15) is 10.1 Å². The van der Waals surface area contributed by atoms with Gasteiger partial charge in [0.05, 0.1) is 18.1 Å². The number of hydrogen-bond acceptors (Lipinski definition) is 6. The normalized spacial score (nSPS) is 10.2. The number of nitro benzene ring substituents is 1. The molecule has 0 atom stereocenters. The van der Waals surface area contributed by atoms with Gasteiger partial charge in [-0.05, 0) is 19.1 Å². The molecule has 20 heavy (non-hydrogen) atoms. The van der Waals surface area contributed by atoms with Crippen LogP contribution in [0, 0.1) is 17.0 Å². The summed E-state index contributed by atoms with van der Waals surface area (Å²) in [6.07, 6.45) is 1.22. The Balaban J connectivity index is 2.43. The summed E-state index contributed by atoms with van der Waals surface area (Å²) in [7, 11) is 1.42. The topological polar surface area (TPSA) is 87.4 Å². The van der Waals surface area contributed by atoms with Crippen LogP contribution in [-0.4, -0.2) is 22.0 Å². The van der Waals surface area contributed by atoms with Crippen molar-refractivity contribution in [2.45, 2.75) is 6.92 Å². The third-order valence-corrected chi connectivity index (χ3v) is 2.93. The van der Waals surface area contributed by atoms with Crippen LogP contribution in [0.5, 0.6) is 17.4 Å². The molecule has 0 radical (unpaired) electrons. The number of nitro groups is 1. The first-order valence-corrected chi connectivity index (χ1v) is 5.88. The van der Waals surface area contributed by atoms with Gasteiger partial charge in [0.1, 0.15) is 17.2 Å². The van der Waals surface area contributed by atoms with E-state index < -0.39 is 4.92 Å². The van der Waals surface area contributed by atoms with Crippen LogP contribution in [0.25, 0.3) is 0 Å². The zero-order chi connectivity index (χ0) is 14.7. The first kappa shape index (κ1) is 14.0.